The van der Waals surface area contributed by atoms with Crippen molar-refractivity contribution in [1.29, 1.82) is 0 Å². The Morgan fingerprint density at radius 3 is 2.31 bits per heavy atom. The number of benzene rings is 1. The minimum atomic E-state index is -3.66. The Bertz CT molecular complexity index is 776. The zero-order chi connectivity index (χ0) is 19.5. The molecular formula is C18H27N3O4S. The molecule has 0 bridgehead atoms. The van der Waals surface area contributed by atoms with Crippen LogP contribution in [0.2, 0.25) is 0 Å². The number of hydrogen-bond acceptors (Lipinski definition) is 4. The van der Waals surface area contributed by atoms with Gasteiger partial charge in [0, 0.05) is 37.2 Å². The van der Waals surface area contributed by atoms with Gasteiger partial charge in [0.05, 0.1) is 4.90 Å². The molecule has 1 aromatic carbocycles. The molecule has 0 atom stereocenters. The van der Waals surface area contributed by atoms with E-state index in [0.717, 1.165) is 0 Å². The minimum Gasteiger partial charge on any atom is -0.343 e. The van der Waals surface area contributed by atoms with Gasteiger partial charge in [-0.1, -0.05) is 6.07 Å². The van der Waals surface area contributed by atoms with E-state index in [0.29, 0.717) is 31.6 Å². The maximum atomic E-state index is 12.5. The van der Waals surface area contributed by atoms with Crippen LogP contribution in [0.5, 0.6) is 0 Å². The van der Waals surface area contributed by atoms with E-state index < -0.39 is 15.6 Å². The summed E-state index contributed by atoms with van der Waals surface area (Å²) in [6.45, 7) is 7.96. The largest absolute Gasteiger partial charge is 0.343 e. The van der Waals surface area contributed by atoms with Gasteiger partial charge >= 0.3 is 0 Å². The smallest absolute Gasteiger partial charge is 0.241 e. The van der Waals surface area contributed by atoms with Crippen molar-refractivity contribution in [3.8, 4) is 0 Å². The Balaban J connectivity index is 2.05. The molecule has 8 heteroatoms. The van der Waals surface area contributed by atoms with Gasteiger partial charge in [0.25, 0.3) is 0 Å². The lowest BCUT2D eigenvalue weighted by Crippen LogP contribution is -2.40. The number of sulfonamides is 1. The number of amides is 2. The van der Waals surface area contributed by atoms with Gasteiger partial charge in [-0.15, -0.1) is 0 Å². The zero-order valence-electron chi connectivity index (χ0n) is 15.7. The van der Waals surface area contributed by atoms with Crippen molar-refractivity contribution >= 4 is 27.5 Å². The second kappa shape index (κ2) is 7.75. The van der Waals surface area contributed by atoms with E-state index >= 15 is 0 Å². The van der Waals surface area contributed by atoms with Crippen molar-refractivity contribution in [2.24, 2.45) is 5.92 Å². The molecule has 1 aliphatic rings. The lowest BCUT2D eigenvalue weighted by atomic mass is 9.96. The number of piperidine rings is 1. The number of carbonyl (C=O) groups excluding carboxylic acids is 2. The fraction of sp³-hybridized carbons (Fsp3) is 0.556. The van der Waals surface area contributed by atoms with Crippen LogP contribution in [0.25, 0.3) is 0 Å². The summed E-state index contributed by atoms with van der Waals surface area (Å²) in [6, 6.07) is 6.22. The van der Waals surface area contributed by atoms with Gasteiger partial charge in [-0.2, -0.15) is 0 Å². The van der Waals surface area contributed by atoms with Gasteiger partial charge in [0.2, 0.25) is 21.8 Å². The van der Waals surface area contributed by atoms with Crippen molar-refractivity contribution in [2.45, 2.75) is 51.0 Å². The first-order valence-electron chi connectivity index (χ1n) is 8.68. The predicted octanol–water partition coefficient (Wildman–Crippen LogP) is 1.96. The average Bonchev–Trinajstić information content (AvgIpc) is 2.53. The Hall–Kier alpha value is -1.93. The summed E-state index contributed by atoms with van der Waals surface area (Å²) in [5.41, 5.74) is -0.149. The van der Waals surface area contributed by atoms with Crippen molar-refractivity contribution < 1.29 is 18.0 Å². The van der Waals surface area contributed by atoms with Crippen LogP contribution in [0.3, 0.4) is 0 Å². The molecule has 0 aliphatic carbocycles. The van der Waals surface area contributed by atoms with E-state index in [9.17, 15) is 18.0 Å². The molecule has 2 N–H and O–H groups in total. The van der Waals surface area contributed by atoms with Crippen LogP contribution in [0.15, 0.2) is 29.2 Å². The second-order valence-corrected chi connectivity index (χ2v) is 9.34. The van der Waals surface area contributed by atoms with Crippen molar-refractivity contribution in [1.82, 2.24) is 9.62 Å². The van der Waals surface area contributed by atoms with Crippen LogP contribution in [0.1, 0.15) is 40.5 Å². The van der Waals surface area contributed by atoms with Crippen molar-refractivity contribution in [2.75, 3.05) is 18.4 Å². The molecule has 2 rings (SSSR count). The summed E-state index contributed by atoms with van der Waals surface area (Å²) >= 11 is 0. The van der Waals surface area contributed by atoms with Crippen LogP contribution >= 0.6 is 0 Å². The van der Waals surface area contributed by atoms with E-state index in [4.69, 9.17) is 0 Å². The highest BCUT2D eigenvalue weighted by atomic mass is 32.2. The summed E-state index contributed by atoms with van der Waals surface area (Å²) < 4.78 is 27.4. The SMILES string of the molecule is CC(=O)N1CCC(C(=O)Nc2cccc(S(=O)(=O)NC(C)(C)C)c2)CC1. The molecule has 0 saturated carbocycles. The first kappa shape index (κ1) is 20.4. The van der Waals surface area contributed by atoms with E-state index in [1.807, 2.05) is 0 Å². The highest BCUT2D eigenvalue weighted by Gasteiger charge is 2.27. The molecule has 1 fully saturated rings. The molecule has 1 aromatic rings. The molecule has 26 heavy (non-hydrogen) atoms. The summed E-state index contributed by atoms with van der Waals surface area (Å²) in [5, 5.41) is 2.80. The number of rotatable bonds is 4. The number of nitrogens with zero attached hydrogens (tertiary/aromatic N) is 1. The van der Waals surface area contributed by atoms with Gasteiger partial charge in [0.15, 0.2) is 0 Å². The average molecular weight is 381 g/mol. The zero-order valence-corrected chi connectivity index (χ0v) is 16.5. The monoisotopic (exact) mass is 381 g/mol. The van der Waals surface area contributed by atoms with Gasteiger partial charge in [0.1, 0.15) is 0 Å². The normalized spacial score (nSPS) is 16.4. The molecule has 7 nitrogen and oxygen atoms in total. The number of nitrogens with one attached hydrogen (secondary N) is 2. The number of likely N-dealkylation sites (tertiary alicyclic amines) is 1. The Morgan fingerprint density at radius 1 is 1.15 bits per heavy atom. The molecule has 1 saturated heterocycles. The highest BCUT2D eigenvalue weighted by molar-refractivity contribution is 7.89. The predicted molar refractivity (Wildman–Crippen MR) is 100 cm³/mol. The van der Waals surface area contributed by atoms with E-state index in [-0.39, 0.29) is 22.6 Å². The number of anilines is 1. The molecule has 1 aliphatic heterocycles. The third-order valence-corrected chi connectivity index (χ3v) is 5.92. The van der Waals surface area contributed by atoms with E-state index in [1.54, 1.807) is 37.8 Å². The number of carbonyl (C=O) groups is 2. The molecule has 144 valence electrons. The maximum Gasteiger partial charge on any atom is 0.241 e. The molecular weight excluding hydrogens is 354 g/mol. The van der Waals surface area contributed by atoms with Gasteiger partial charge < -0.3 is 10.2 Å². The highest BCUT2D eigenvalue weighted by Crippen LogP contribution is 2.21. The van der Waals surface area contributed by atoms with E-state index in [2.05, 4.69) is 10.0 Å². The molecule has 1 heterocycles. The first-order chi connectivity index (χ1) is 12.0. The fourth-order valence-electron chi connectivity index (χ4n) is 2.90. The molecule has 0 aromatic heterocycles. The van der Waals surface area contributed by atoms with E-state index in [1.165, 1.54) is 19.1 Å². The van der Waals surface area contributed by atoms with Crippen LogP contribution < -0.4 is 10.0 Å². The van der Waals surface area contributed by atoms with Gasteiger partial charge in [-0.05, 0) is 51.8 Å². The topological polar surface area (TPSA) is 95.6 Å². The molecule has 0 radical (unpaired) electrons. The summed E-state index contributed by atoms with van der Waals surface area (Å²) in [6.07, 6.45) is 1.21. The molecule has 0 spiro atoms. The quantitative estimate of drug-likeness (QED) is 0.833. The number of hydrogen-bond donors (Lipinski definition) is 2. The van der Waals surface area contributed by atoms with Gasteiger partial charge in [-0.25, -0.2) is 13.1 Å². The van der Waals surface area contributed by atoms with Crippen LogP contribution in [-0.4, -0.2) is 43.8 Å². The van der Waals surface area contributed by atoms with Crippen molar-refractivity contribution in [3.63, 3.8) is 0 Å². The Kier molecular flexibility index (Phi) is 6.08. The minimum absolute atomic E-state index is 0.0214. The van der Waals surface area contributed by atoms with Gasteiger partial charge in [-0.3, -0.25) is 9.59 Å². The second-order valence-electron chi connectivity index (χ2n) is 7.65. The summed E-state index contributed by atoms with van der Waals surface area (Å²) in [4.78, 5) is 25.7. The molecule has 0 unspecified atom stereocenters. The van der Waals surface area contributed by atoms with Crippen LogP contribution in [0.4, 0.5) is 5.69 Å². The molecule has 2 amide bonds. The Labute approximate surface area is 155 Å². The summed E-state index contributed by atoms with van der Waals surface area (Å²) in [7, 11) is -3.66. The van der Waals surface area contributed by atoms with Crippen LogP contribution in [-0.2, 0) is 19.6 Å². The lowest BCUT2D eigenvalue weighted by Gasteiger charge is -2.30. The fourth-order valence-corrected chi connectivity index (χ4v) is 4.37. The standard InChI is InChI=1S/C18H27N3O4S/c1-13(22)21-10-8-14(9-11-21)17(23)19-15-6-5-7-16(12-15)26(24,25)20-18(2,3)4/h5-7,12,14,20H,8-11H2,1-4H3,(H,19,23). The van der Waals surface area contributed by atoms with Crippen LogP contribution in [0, 0.1) is 5.92 Å². The summed E-state index contributed by atoms with van der Waals surface area (Å²) in [5.74, 6) is -0.307. The third kappa shape index (κ3) is 5.54. The maximum absolute atomic E-state index is 12.5. The lowest BCUT2D eigenvalue weighted by molar-refractivity contribution is -0.132. The third-order valence-electron chi connectivity index (χ3n) is 4.16. The first-order valence-corrected chi connectivity index (χ1v) is 10.2. The Morgan fingerprint density at radius 2 is 1.77 bits per heavy atom. The van der Waals surface area contributed by atoms with Crippen molar-refractivity contribution in [3.05, 3.63) is 24.3 Å².